The van der Waals surface area contributed by atoms with Crippen molar-refractivity contribution < 1.29 is 18.4 Å². The van der Waals surface area contributed by atoms with Gasteiger partial charge < -0.3 is 18.5 Å². The van der Waals surface area contributed by atoms with E-state index in [1.165, 1.54) is 0 Å². The molecule has 2 heterocycles. The van der Waals surface area contributed by atoms with Crippen LogP contribution in [-0.2, 0) is 11.3 Å². The van der Waals surface area contributed by atoms with Crippen molar-refractivity contribution in [2.24, 2.45) is 0 Å². The molecule has 0 bridgehead atoms. The van der Waals surface area contributed by atoms with E-state index in [1.54, 1.807) is 24.3 Å². The largest absolute Gasteiger partial charge is 0.483 e. The van der Waals surface area contributed by atoms with Crippen LogP contribution in [0.25, 0.3) is 22.6 Å². The van der Waals surface area contributed by atoms with Crippen molar-refractivity contribution in [3.8, 4) is 17.2 Å². The minimum absolute atomic E-state index is 0.0907. The van der Waals surface area contributed by atoms with Crippen molar-refractivity contribution in [3.63, 3.8) is 0 Å². The van der Waals surface area contributed by atoms with Crippen LogP contribution >= 0.6 is 0 Å². The molecule has 0 saturated heterocycles. The highest BCUT2D eigenvalue weighted by molar-refractivity contribution is 5.79. The molecule has 4 rings (SSSR count). The van der Waals surface area contributed by atoms with Crippen LogP contribution in [0.1, 0.15) is 16.9 Å². The number of benzene rings is 2. The van der Waals surface area contributed by atoms with Crippen molar-refractivity contribution in [3.05, 3.63) is 71.7 Å². The highest BCUT2D eigenvalue weighted by atomic mass is 16.5. The highest BCUT2D eigenvalue weighted by Crippen LogP contribution is 2.33. The van der Waals surface area contributed by atoms with Gasteiger partial charge in [0.25, 0.3) is 5.91 Å². The van der Waals surface area contributed by atoms with Crippen LogP contribution < -0.4 is 4.74 Å². The van der Waals surface area contributed by atoms with Gasteiger partial charge in [-0.2, -0.15) is 0 Å². The summed E-state index contributed by atoms with van der Waals surface area (Å²) in [6, 6.07) is 15.2. The quantitative estimate of drug-likeness (QED) is 0.476. The molecule has 0 fully saturated rings. The lowest BCUT2D eigenvalue weighted by Crippen LogP contribution is -2.30. The van der Waals surface area contributed by atoms with E-state index in [4.69, 9.17) is 13.6 Å². The maximum atomic E-state index is 12.5. The Labute approximate surface area is 168 Å². The minimum Gasteiger partial charge on any atom is -0.483 e. The van der Waals surface area contributed by atoms with Gasteiger partial charge in [0.2, 0.25) is 5.89 Å². The van der Waals surface area contributed by atoms with E-state index in [2.05, 4.69) is 4.98 Å². The maximum Gasteiger partial charge on any atom is 0.260 e. The molecule has 2 aromatic heterocycles. The number of amides is 1. The van der Waals surface area contributed by atoms with Gasteiger partial charge in [0.05, 0.1) is 18.4 Å². The van der Waals surface area contributed by atoms with Crippen molar-refractivity contribution >= 4 is 17.0 Å². The SMILES string of the molecule is Cc1ccc(OCC(=O)N(C)Cc2ccco2)c(-c2nc3ccc(C)cc3o2)c1. The Hall–Kier alpha value is -3.54. The minimum atomic E-state index is -0.152. The smallest absolute Gasteiger partial charge is 0.260 e. The molecule has 0 aliphatic heterocycles. The third kappa shape index (κ3) is 4.16. The number of aryl methyl sites for hydroxylation is 2. The lowest BCUT2D eigenvalue weighted by Gasteiger charge is -2.17. The molecule has 0 radical (unpaired) electrons. The average molecular weight is 390 g/mol. The van der Waals surface area contributed by atoms with Crippen LogP contribution in [0.4, 0.5) is 0 Å². The number of rotatable bonds is 6. The molecule has 0 aliphatic carbocycles. The van der Waals surface area contributed by atoms with Crippen molar-refractivity contribution in [1.29, 1.82) is 0 Å². The summed E-state index contributed by atoms with van der Waals surface area (Å²) in [4.78, 5) is 18.6. The Morgan fingerprint density at radius 3 is 2.69 bits per heavy atom. The Kier molecular flexibility index (Phi) is 5.08. The maximum absolute atomic E-state index is 12.5. The molecule has 6 heteroatoms. The first-order valence-electron chi connectivity index (χ1n) is 9.37. The summed E-state index contributed by atoms with van der Waals surface area (Å²) in [6.07, 6.45) is 1.59. The number of hydrogen-bond acceptors (Lipinski definition) is 5. The van der Waals surface area contributed by atoms with Crippen molar-refractivity contribution in [1.82, 2.24) is 9.88 Å². The number of nitrogens with zero attached hydrogens (tertiary/aromatic N) is 2. The first-order chi connectivity index (χ1) is 14.0. The Balaban J connectivity index is 1.54. The summed E-state index contributed by atoms with van der Waals surface area (Å²) in [5.74, 6) is 1.60. The summed E-state index contributed by atoms with van der Waals surface area (Å²) < 4.78 is 17.1. The van der Waals surface area contributed by atoms with Gasteiger partial charge in [-0.3, -0.25) is 4.79 Å². The molecule has 0 spiro atoms. The summed E-state index contributed by atoms with van der Waals surface area (Å²) in [6.45, 7) is 4.29. The predicted molar refractivity (Wildman–Crippen MR) is 110 cm³/mol. The summed E-state index contributed by atoms with van der Waals surface area (Å²) in [7, 11) is 1.72. The van der Waals surface area contributed by atoms with Crippen LogP contribution in [0.15, 0.2) is 63.6 Å². The van der Waals surface area contributed by atoms with E-state index in [0.29, 0.717) is 18.2 Å². The van der Waals surface area contributed by atoms with E-state index in [9.17, 15) is 4.79 Å². The zero-order chi connectivity index (χ0) is 20.4. The Morgan fingerprint density at radius 2 is 1.90 bits per heavy atom. The van der Waals surface area contributed by atoms with E-state index in [-0.39, 0.29) is 12.5 Å². The molecule has 0 saturated carbocycles. The van der Waals surface area contributed by atoms with Crippen LogP contribution in [0.2, 0.25) is 0 Å². The number of carbonyl (C=O) groups is 1. The highest BCUT2D eigenvalue weighted by Gasteiger charge is 2.17. The standard InChI is InChI=1S/C23H22N2O4/c1-15-7-9-20(28-14-22(26)25(3)13-17-5-4-10-27-17)18(11-15)23-24-19-8-6-16(2)12-21(19)29-23/h4-12H,13-14H2,1-3H3. The summed E-state index contributed by atoms with van der Waals surface area (Å²) in [5, 5.41) is 0. The van der Waals surface area contributed by atoms with E-state index >= 15 is 0 Å². The van der Waals surface area contributed by atoms with Gasteiger partial charge in [-0.05, 0) is 55.8 Å². The molecular weight excluding hydrogens is 368 g/mol. The number of carbonyl (C=O) groups excluding carboxylic acids is 1. The van der Waals surface area contributed by atoms with Crippen LogP contribution in [-0.4, -0.2) is 29.4 Å². The van der Waals surface area contributed by atoms with Gasteiger partial charge in [-0.25, -0.2) is 4.98 Å². The Bertz CT molecular complexity index is 1150. The van der Waals surface area contributed by atoms with Crippen LogP contribution in [0.3, 0.4) is 0 Å². The molecule has 2 aromatic carbocycles. The van der Waals surface area contributed by atoms with Gasteiger partial charge in [-0.15, -0.1) is 0 Å². The molecule has 6 nitrogen and oxygen atoms in total. The summed E-state index contributed by atoms with van der Waals surface area (Å²) in [5.41, 5.74) is 4.38. The van der Waals surface area contributed by atoms with Crippen LogP contribution in [0, 0.1) is 13.8 Å². The molecule has 29 heavy (non-hydrogen) atoms. The number of aromatic nitrogens is 1. The van der Waals surface area contributed by atoms with Gasteiger partial charge in [0.15, 0.2) is 12.2 Å². The number of hydrogen-bond donors (Lipinski definition) is 0. The molecule has 0 aliphatic rings. The van der Waals surface area contributed by atoms with E-state index in [0.717, 1.165) is 33.6 Å². The zero-order valence-electron chi connectivity index (χ0n) is 16.6. The van der Waals surface area contributed by atoms with E-state index in [1.807, 2.05) is 56.3 Å². The van der Waals surface area contributed by atoms with Crippen LogP contribution in [0.5, 0.6) is 5.75 Å². The fourth-order valence-electron chi connectivity index (χ4n) is 3.06. The number of likely N-dealkylation sites (N-methyl/N-ethyl adjacent to an activating group) is 1. The topological polar surface area (TPSA) is 68.7 Å². The lowest BCUT2D eigenvalue weighted by atomic mass is 10.1. The molecule has 148 valence electrons. The fourth-order valence-corrected chi connectivity index (χ4v) is 3.06. The predicted octanol–water partition coefficient (Wildman–Crippen LogP) is 4.74. The first kappa shape index (κ1) is 18.8. The van der Waals surface area contributed by atoms with E-state index < -0.39 is 0 Å². The number of oxazole rings is 1. The second-order valence-corrected chi connectivity index (χ2v) is 7.11. The van der Waals surface area contributed by atoms with Crippen molar-refractivity contribution in [2.75, 3.05) is 13.7 Å². The summed E-state index contributed by atoms with van der Waals surface area (Å²) >= 11 is 0. The molecule has 4 aromatic rings. The molecule has 1 amide bonds. The molecule has 0 atom stereocenters. The monoisotopic (exact) mass is 390 g/mol. The Morgan fingerprint density at radius 1 is 1.10 bits per heavy atom. The molecule has 0 unspecified atom stereocenters. The molecule has 0 N–H and O–H groups in total. The second kappa shape index (κ2) is 7.83. The lowest BCUT2D eigenvalue weighted by molar-refractivity contribution is -0.132. The normalized spacial score (nSPS) is 11.0. The third-order valence-electron chi connectivity index (χ3n) is 4.66. The third-order valence-corrected chi connectivity index (χ3v) is 4.66. The van der Waals surface area contributed by atoms with Gasteiger partial charge >= 0.3 is 0 Å². The van der Waals surface area contributed by atoms with Gasteiger partial charge in [0, 0.05) is 7.05 Å². The fraction of sp³-hybridized carbons (Fsp3) is 0.217. The second-order valence-electron chi connectivity index (χ2n) is 7.11. The molecular formula is C23H22N2O4. The number of ether oxygens (including phenoxy) is 1. The van der Waals surface area contributed by atoms with Gasteiger partial charge in [-0.1, -0.05) is 17.7 Å². The first-order valence-corrected chi connectivity index (χ1v) is 9.37. The number of furan rings is 1. The van der Waals surface area contributed by atoms with Crippen molar-refractivity contribution in [2.45, 2.75) is 20.4 Å². The average Bonchev–Trinajstić information content (AvgIpc) is 3.35. The van der Waals surface area contributed by atoms with Gasteiger partial charge in [0.1, 0.15) is 17.0 Å². The number of fused-ring (bicyclic) bond motifs is 1. The zero-order valence-corrected chi connectivity index (χ0v) is 16.6.